The van der Waals surface area contributed by atoms with Crippen LogP contribution >= 0.6 is 0 Å². The van der Waals surface area contributed by atoms with Crippen LogP contribution in [0.25, 0.3) is 0 Å². The maximum atomic E-state index is 12.5. The number of nitrogens with zero attached hydrogens (tertiary/aromatic N) is 2. The zero-order valence-corrected chi connectivity index (χ0v) is 18.7. The fraction of sp³-hybridized carbons (Fsp3) is 0.115. The third-order valence-electron chi connectivity index (χ3n) is 4.91. The second-order valence-electron chi connectivity index (χ2n) is 7.57. The Labute approximate surface area is 192 Å². The van der Waals surface area contributed by atoms with Gasteiger partial charge in [0.1, 0.15) is 23.2 Å². The molecule has 4 aromatic rings. The number of aryl methyl sites for hydroxylation is 2. The van der Waals surface area contributed by atoms with E-state index in [9.17, 15) is 4.79 Å². The van der Waals surface area contributed by atoms with Crippen LogP contribution in [0.4, 0.5) is 28.7 Å². The second-order valence-corrected chi connectivity index (χ2v) is 7.57. The average molecular weight is 440 g/mol. The molecule has 0 saturated heterocycles. The summed E-state index contributed by atoms with van der Waals surface area (Å²) in [7, 11) is 1.57. The van der Waals surface area contributed by atoms with Crippen molar-refractivity contribution in [2.24, 2.45) is 0 Å². The lowest BCUT2D eigenvalue weighted by Gasteiger charge is -2.11. The number of nitrogens with one attached hydrogen (secondary N) is 3. The molecule has 0 saturated carbocycles. The quantitative estimate of drug-likeness (QED) is 0.335. The summed E-state index contributed by atoms with van der Waals surface area (Å²) < 4.78 is 5.18. The molecule has 1 heterocycles. The molecule has 0 fully saturated rings. The van der Waals surface area contributed by atoms with Gasteiger partial charge in [-0.2, -0.15) is 0 Å². The number of carbonyl (C=O) groups excluding carboxylic acids is 1. The van der Waals surface area contributed by atoms with E-state index in [2.05, 4.69) is 32.8 Å². The largest absolute Gasteiger partial charge is 0.497 e. The standard InChI is InChI=1S/C26H25N5O2/c1-17-7-9-20(10-8-17)29-24-16-25(28-18(2)27-24)30-21-11-13-22(14-12-21)31-26(32)19-5-4-6-23(15-19)33-3/h4-16H,1-3H3,(H,31,32)(H2,27,28,29,30). The highest BCUT2D eigenvalue weighted by molar-refractivity contribution is 6.04. The van der Waals surface area contributed by atoms with E-state index in [4.69, 9.17) is 4.74 Å². The highest BCUT2D eigenvalue weighted by atomic mass is 16.5. The zero-order chi connectivity index (χ0) is 23.2. The maximum absolute atomic E-state index is 12.5. The summed E-state index contributed by atoms with van der Waals surface area (Å²) >= 11 is 0. The van der Waals surface area contributed by atoms with Gasteiger partial charge in [-0.3, -0.25) is 4.79 Å². The van der Waals surface area contributed by atoms with Crippen molar-refractivity contribution >= 4 is 34.6 Å². The van der Waals surface area contributed by atoms with Crippen molar-refractivity contribution in [2.45, 2.75) is 13.8 Å². The third-order valence-corrected chi connectivity index (χ3v) is 4.91. The summed E-state index contributed by atoms with van der Waals surface area (Å²) in [4.78, 5) is 21.4. The topological polar surface area (TPSA) is 88.2 Å². The molecule has 0 aliphatic heterocycles. The number of benzene rings is 3. The number of carbonyl (C=O) groups is 1. The fourth-order valence-corrected chi connectivity index (χ4v) is 3.23. The molecule has 1 amide bonds. The predicted octanol–water partition coefficient (Wildman–Crippen LogP) is 5.84. The summed E-state index contributed by atoms with van der Waals surface area (Å²) in [6, 6.07) is 24.4. The van der Waals surface area contributed by atoms with E-state index >= 15 is 0 Å². The van der Waals surface area contributed by atoms with Gasteiger partial charge in [-0.1, -0.05) is 23.8 Å². The van der Waals surface area contributed by atoms with Crippen LogP contribution in [0.5, 0.6) is 5.75 Å². The molecule has 0 atom stereocenters. The Kier molecular flexibility index (Phi) is 6.50. The monoisotopic (exact) mass is 439 g/mol. The number of methoxy groups -OCH3 is 1. The van der Waals surface area contributed by atoms with E-state index in [1.54, 1.807) is 31.4 Å². The van der Waals surface area contributed by atoms with Crippen molar-refractivity contribution in [2.75, 3.05) is 23.1 Å². The molecule has 166 valence electrons. The first-order valence-electron chi connectivity index (χ1n) is 10.5. The third kappa shape index (κ3) is 5.86. The molecule has 0 spiro atoms. The number of rotatable bonds is 7. The summed E-state index contributed by atoms with van der Waals surface area (Å²) in [5.41, 5.74) is 4.22. The number of hydrogen-bond donors (Lipinski definition) is 3. The van der Waals surface area contributed by atoms with Crippen LogP contribution in [0, 0.1) is 13.8 Å². The lowest BCUT2D eigenvalue weighted by atomic mass is 10.2. The lowest BCUT2D eigenvalue weighted by Crippen LogP contribution is -2.11. The van der Waals surface area contributed by atoms with Crippen LogP contribution in [-0.4, -0.2) is 23.0 Å². The Hall–Kier alpha value is -4.39. The Bertz CT molecular complexity index is 1250. The first-order valence-corrected chi connectivity index (χ1v) is 10.5. The molecule has 7 heteroatoms. The fourth-order valence-electron chi connectivity index (χ4n) is 3.23. The first-order chi connectivity index (χ1) is 16.0. The summed E-state index contributed by atoms with van der Waals surface area (Å²) in [6.07, 6.45) is 0. The number of amides is 1. The van der Waals surface area contributed by atoms with Crippen molar-refractivity contribution in [3.63, 3.8) is 0 Å². The highest BCUT2D eigenvalue weighted by Gasteiger charge is 2.08. The smallest absolute Gasteiger partial charge is 0.255 e. The minimum Gasteiger partial charge on any atom is -0.497 e. The summed E-state index contributed by atoms with van der Waals surface area (Å²) in [5.74, 6) is 2.46. The van der Waals surface area contributed by atoms with Crippen LogP contribution < -0.4 is 20.7 Å². The number of ether oxygens (including phenoxy) is 1. The van der Waals surface area contributed by atoms with Crippen molar-refractivity contribution in [3.8, 4) is 5.75 Å². The Morgan fingerprint density at radius 1 is 0.758 bits per heavy atom. The van der Waals surface area contributed by atoms with Gasteiger partial charge in [-0.25, -0.2) is 9.97 Å². The predicted molar refractivity (Wildman–Crippen MR) is 132 cm³/mol. The normalized spacial score (nSPS) is 10.4. The Balaban J connectivity index is 1.42. The van der Waals surface area contributed by atoms with Crippen LogP contribution in [0.15, 0.2) is 78.9 Å². The molecular formula is C26H25N5O2. The van der Waals surface area contributed by atoms with Gasteiger partial charge in [0.05, 0.1) is 7.11 Å². The van der Waals surface area contributed by atoms with Gasteiger partial charge in [-0.05, 0) is 68.4 Å². The van der Waals surface area contributed by atoms with Gasteiger partial charge in [0.2, 0.25) is 0 Å². The van der Waals surface area contributed by atoms with E-state index in [0.29, 0.717) is 34.5 Å². The molecule has 1 aromatic heterocycles. The van der Waals surface area contributed by atoms with Gasteiger partial charge in [0.25, 0.3) is 5.91 Å². The molecule has 3 N–H and O–H groups in total. The Morgan fingerprint density at radius 2 is 1.33 bits per heavy atom. The van der Waals surface area contributed by atoms with Crippen LogP contribution in [0.2, 0.25) is 0 Å². The molecule has 4 rings (SSSR count). The van der Waals surface area contributed by atoms with Crippen LogP contribution in [0.1, 0.15) is 21.7 Å². The molecule has 0 unspecified atom stereocenters. The molecule has 33 heavy (non-hydrogen) atoms. The van der Waals surface area contributed by atoms with Gasteiger partial charge < -0.3 is 20.7 Å². The number of anilines is 5. The SMILES string of the molecule is COc1cccc(C(=O)Nc2ccc(Nc3cc(Nc4ccc(C)cc4)nc(C)n3)cc2)c1. The molecule has 0 radical (unpaired) electrons. The highest BCUT2D eigenvalue weighted by Crippen LogP contribution is 2.22. The van der Waals surface area contributed by atoms with Crippen LogP contribution in [-0.2, 0) is 0 Å². The van der Waals surface area contributed by atoms with E-state index in [1.165, 1.54) is 5.56 Å². The minimum absolute atomic E-state index is 0.201. The van der Waals surface area contributed by atoms with E-state index < -0.39 is 0 Å². The molecule has 3 aromatic carbocycles. The summed E-state index contributed by atoms with van der Waals surface area (Å²) in [5, 5.41) is 9.48. The van der Waals surface area contributed by atoms with Gasteiger partial charge in [0, 0.05) is 28.7 Å². The van der Waals surface area contributed by atoms with Gasteiger partial charge in [0.15, 0.2) is 0 Å². The minimum atomic E-state index is -0.201. The maximum Gasteiger partial charge on any atom is 0.255 e. The van der Waals surface area contributed by atoms with E-state index in [0.717, 1.165) is 11.4 Å². The molecule has 0 bridgehead atoms. The van der Waals surface area contributed by atoms with E-state index in [1.807, 2.05) is 61.5 Å². The lowest BCUT2D eigenvalue weighted by molar-refractivity contribution is 0.102. The van der Waals surface area contributed by atoms with Crippen molar-refractivity contribution in [3.05, 3.63) is 95.8 Å². The molecule has 0 aliphatic rings. The van der Waals surface area contributed by atoms with Gasteiger partial charge in [-0.15, -0.1) is 0 Å². The van der Waals surface area contributed by atoms with Gasteiger partial charge >= 0.3 is 0 Å². The first kappa shape index (κ1) is 21.8. The van der Waals surface area contributed by atoms with Crippen molar-refractivity contribution in [1.82, 2.24) is 9.97 Å². The Morgan fingerprint density at radius 3 is 1.94 bits per heavy atom. The second kappa shape index (κ2) is 9.82. The van der Waals surface area contributed by atoms with E-state index in [-0.39, 0.29) is 5.91 Å². The van der Waals surface area contributed by atoms with Crippen molar-refractivity contribution < 1.29 is 9.53 Å². The number of hydrogen-bond acceptors (Lipinski definition) is 6. The molecular weight excluding hydrogens is 414 g/mol. The average Bonchev–Trinajstić information content (AvgIpc) is 2.81. The zero-order valence-electron chi connectivity index (χ0n) is 18.7. The molecule has 0 aliphatic carbocycles. The summed E-state index contributed by atoms with van der Waals surface area (Å²) in [6.45, 7) is 3.90. The van der Waals surface area contributed by atoms with Crippen LogP contribution in [0.3, 0.4) is 0 Å². The molecule has 7 nitrogen and oxygen atoms in total. The number of aromatic nitrogens is 2. The van der Waals surface area contributed by atoms with Crippen molar-refractivity contribution in [1.29, 1.82) is 0 Å².